The Morgan fingerprint density at radius 2 is 1.84 bits per heavy atom. The minimum absolute atomic E-state index is 0.0754. The maximum Gasteiger partial charge on any atom is 0.321 e. The standard InChI is InChI=1S/C15H20N2O2/c1-2-14(18)12-8-10-17(11-9-12)15(19)16-13-6-4-3-5-7-13/h3-7,12H,2,8-11H2,1H3,(H,16,19). The van der Waals surface area contributed by atoms with Gasteiger partial charge in [-0.05, 0) is 25.0 Å². The largest absolute Gasteiger partial charge is 0.324 e. The van der Waals surface area contributed by atoms with E-state index in [9.17, 15) is 9.59 Å². The SMILES string of the molecule is CCC(=O)C1CCN(C(=O)Nc2ccccc2)CC1. The van der Waals surface area contributed by atoms with E-state index < -0.39 is 0 Å². The summed E-state index contributed by atoms with van der Waals surface area (Å²) < 4.78 is 0. The first-order valence-electron chi connectivity index (χ1n) is 6.84. The third-order valence-corrected chi connectivity index (χ3v) is 3.61. The number of rotatable bonds is 3. The first-order chi connectivity index (χ1) is 9.20. The molecule has 1 aromatic carbocycles. The van der Waals surface area contributed by atoms with Crippen LogP contribution in [0.5, 0.6) is 0 Å². The summed E-state index contributed by atoms with van der Waals surface area (Å²) in [5, 5.41) is 2.87. The van der Waals surface area contributed by atoms with E-state index in [0.29, 0.717) is 25.3 Å². The normalized spacial score (nSPS) is 16.2. The van der Waals surface area contributed by atoms with E-state index in [4.69, 9.17) is 0 Å². The summed E-state index contributed by atoms with van der Waals surface area (Å²) in [6.07, 6.45) is 2.17. The fourth-order valence-electron chi connectivity index (χ4n) is 2.42. The zero-order valence-corrected chi connectivity index (χ0v) is 11.3. The minimum atomic E-state index is -0.0754. The molecule has 1 saturated heterocycles. The van der Waals surface area contributed by atoms with E-state index in [2.05, 4.69) is 5.32 Å². The Hall–Kier alpha value is -1.84. The van der Waals surface area contributed by atoms with Crippen LogP contribution in [-0.4, -0.2) is 29.8 Å². The highest BCUT2D eigenvalue weighted by molar-refractivity contribution is 5.89. The van der Waals surface area contributed by atoms with Crippen molar-refractivity contribution in [3.8, 4) is 0 Å². The van der Waals surface area contributed by atoms with Gasteiger partial charge in [0.05, 0.1) is 0 Å². The lowest BCUT2D eigenvalue weighted by Gasteiger charge is -2.31. The van der Waals surface area contributed by atoms with Crippen molar-refractivity contribution in [2.75, 3.05) is 18.4 Å². The van der Waals surface area contributed by atoms with Gasteiger partial charge < -0.3 is 10.2 Å². The second kappa shape index (κ2) is 6.36. The van der Waals surface area contributed by atoms with Crippen LogP contribution in [0.2, 0.25) is 0 Å². The molecule has 0 bridgehead atoms. The van der Waals surface area contributed by atoms with Crippen LogP contribution < -0.4 is 5.32 Å². The van der Waals surface area contributed by atoms with Crippen molar-refractivity contribution in [1.29, 1.82) is 0 Å². The van der Waals surface area contributed by atoms with Crippen LogP contribution in [0.4, 0.5) is 10.5 Å². The van der Waals surface area contributed by atoms with Crippen molar-refractivity contribution in [2.24, 2.45) is 5.92 Å². The molecule has 4 heteroatoms. The number of carbonyl (C=O) groups is 2. The highest BCUT2D eigenvalue weighted by atomic mass is 16.2. The van der Waals surface area contributed by atoms with E-state index in [1.165, 1.54) is 0 Å². The summed E-state index contributed by atoms with van der Waals surface area (Å²) in [5.41, 5.74) is 0.805. The van der Waals surface area contributed by atoms with Gasteiger partial charge in [-0.15, -0.1) is 0 Å². The van der Waals surface area contributed by atoms with Gasteiger partial charge in [0.25, 0.3) is 0 Å². The van der Waals surface area contributed by atoms with Crippen molar-refractivity contribution in [1.82, 2.24) is 4.90 Å². The van der Waals surface area contributed by atoms with E-state index in [1.54, 1.807) is 4.90 Å². The number of urea groups is 1. The highest BCUT2D eigenvalue weighted by Crippen LogP contribution is 2.20. The number of nitrogens with zero attached hydrogens (tertiary/aromatic N) is 1. The Bertz CT molecular complexity index is 437. The van der Waals surface area contributed by atoms with Gasteiger partial charge in [-0.25, -0.2) is 4.79 Å². The summed E-state index contributed by atoms with van der Waals surface area (Å²) in [6.45, 7) is 3.22. The number of likely N-dealkylation sites (tertiary alicyclic amines) is 1. The van der Waals surface area contributed by atoms with E-state index >= 15 is 0 Å². The number of amides is 2. The van der Waals surface area contributed by atoms with Crippen LogP contribution in [0.15, 0.2) is 30.3 Å². The van der Waals surface area contributed by atoms with Gasteiger partial charge in [-0.3, -0.25) is 4.79 Å². The number of ketones is 1. The van der Waals surface area contributed by atoms with Crippen LogP contribution >= 0.6 is 0 Å². The van der Waals surface area contributed by atoms with Crippen LogP contribution in [0.3, 0.4) is 0 Å². The van der Waals surface area contributed by atoms with Crippen LogP contribution in [0.25, 0.3) is 0 Å². The average Bonchev–Trinajstić information content (AvgIpc) is 2.47. The summed E-state index contributed by atoms with van der Waals surface area (Å²) >= 11 is 0. The third kappa shape index (κ3) is 3.56. The van der Waals surface area contributed by atoms with E-state index in [-0.39, 0.29) is 11.9 Å². The van der Waals surface area contributed by atoms with Gasteiger partial charge in [-0.2, -0.15) is 0 Å². The van der Waals surface area contributed by atoms with Crippen molar-refractivity contribution >= 4 is 17.5 Å². The maximum atomic E-state index is 12.0. The number of carbonyl (C=O) groups excluding carboxylic acids is 2. The van der Waals surface area contributed by atoms with Gasteiger partial charge >= 0.3 is 6.03 Å². The molecule has 1 aromatic rings. The van der Waals surface area contributed by atoms with Crippen molar-refractivity contribution in [3.05, 3.63) is 30.3 Å². The van der Waals surface area contributed by atoms with Gasteiger partial charge in [0.1, 0.15) is 5.78 Å². The molecular weight excluding hydrogens is 240 g/mol. The molecule has 102 valence electrons. The Morgan fingerprint density at radius 3 is 2.42 bits per heavy atom. The predicted octanol–water partition coefficient (Wildman–Crippen LogP) is 2.91. The summed E-state index contributed by atoms with van der Waals surface area (Å²) in [7, 11) is 0. The molecule has 1 N–H and O–H groups in total. The second-order valence-electron chi connectivity index (χ2n) is 4.88. The monoisotopic (exact) mass is 260 g/mol. The molecule has 0 unspecified atom stereocenters. The lowest BCUT2D eigenvalue weighted by molar-refractivity contribution is -0.123. The second-order valence-corrected chi connectivity index (χ2v) is 4.88. The highest BCUT2D eigenvalue weighted by Gasteiger charge is 2.26. The molecule has 1 fully saturated rings. The van der Waals surface area contributed by atoms with Gasteiger partial charge in [0.2, 0.25) is 0 Å². The van der Waals surface area contributed by atoms with Crippen molar-refractivity contribution < 1.29 is 9.59 Å². The minimum Gasteiger partial charge on any atom is -0.324 e. The van der Waals surface area contributed by atoms with E-state index in [1.807, 2.05) is 37.3 Å². The molecule has 4 nitrogen and oxygen atoms in total. The first kappa shape index (κ1) is 13.6. The number of para-hydroxylation sites is 1. The zero-order valence-electron chi connectivity index (χ0n) is 11.3. The lowest BCUT2D eigenvalue weighted by Crippen LogP contribution is -2.42. The molecule has 0 saturated carbocycles. The number of piperidine rings is 1. The van der Waals surface area contributed by atoms with Crippen LogP contribution in [0.1, 0.15) is 26.2 Å². The van der Waals surface area contributed by atoms with Gasteiger partial charge in [0.15, 0.2) is 0 Å². The lowest BCUT2D eigenvalue weighted by atomic mass is 9.91. The molecule has 19 heavy (non-hydrogen) atoms. The molecule has 2 rings (SSSR count). The van der Waals surface area contributed by atoms with Crippen molar-refractivity contribution in [3.63, 3.8) is 0 Å². The Kier molecular flexibility index (Phi) is 4.55. The van der Waals surface area contributed by atoms with Crippen LogP contribution in [0, 0.1) is 5.92 Å². The average molecular weight is 260 g/mol. The molecular formula is C15H20N2O2. The molecule has 1 heterocycles. The number of anilines is 1. The fourth-order valence-corrected chi connectivity index (χ4v) is 2.42. The smallest absolute Gasteiger partial charge is 0.321 e. The molecule has 0 atom stereocenters. The maximum absolute atomic E-state index is 12.0. The number of hydrogen-bond acceptors (Lipinski definition) is 2. The molecule has 2 amide bonds. The molecule has 0 radical (unpaired) electrons. The number of nitrogens with one attached hydrogen (secondary N) is 1. The number of hydrogen-bond donors (Lipinski definition) is 1. The molecule has 0 spiro atoms. The molecule has 0 aromatic heterocycles. The predicted molar refractivity (Wildman–Crippen MR) is 75.1 cm³/mol. The van der Waals surface area contributed by atoms with Gasteiger partial charge in [-0.1, -0.05) is 25.1 Å². The van der Waals surface area contributed by atoms with Crippen LogP contribution in [-0.2, 0) is 4.79 Å². The van der Waals surface area contributed by atoms with Crippen molar-refractivity contribution in [2.45, 2.75) is 26.2 Å². The summed E-state index contributed by atoms with van der Waals surface area (Å²) in [5.74, 6) is 0.467. The fraction of sp³-hybridized carbons (Fsp3) is 0.467. The first-order valence-corrected chi connectivity index (χ1v) is 6.84. The summed E-state index contributed by atoms with van der Waals surface area (Å²) in [6, 6.07) is 9.35. The Labute approximate surface area is 113 Å². The van der Waals surface area contributed by atoms with Gasteiger partial charge in [0, 0.05) is 31.1 Å². The molecule has 1 aliphatic heterocycles. The quantitative estimate of drug-likeness (QED) is 0.908. The Balaban J connectivity index is 1.84. The molecule has 0 aliphatic carbocycles. The topological polar surface area (TPSA) is 49.4 Å². The van der Waals surface area contributed by atoms with E-state index in [0.717, 1.165) is 18.5 Å². The third-order valence-electron chi connectivity index (χ3n) is 3.61. The zero-order chi connectivity index (χ0) is 13.7. The number of benzene rings is 1. The summed E-state index contributed by atoms with van der Waals surface area (Å²) in [4.78, 5) is 25.4. The number of Topliss-reactive ketones (excluding diaryl/α,β-unsaturated/α-hetero) is 1. The molecule has 1 aliphatic rings. The Morgan fingerprint density at radius 1 is 1.21 bits per heavy atom.